The molecule has 2 aliphatic rings. The summed E-state index contributed by atoms with van der Waals surface area (Å²) in [6.45, 7) is 0. The molecule has 0 heterocycles. The molecule has 2 saturated carbocycles. The van der Waals surface area contributed by atoms with Gasteiger partial charge in [0, 0.05) is 0 Å². The van der Waals surface area contributed by atoms with Crippen LogP contribution in [-0.2, 0) is 0 Å². The third-order valence-corrected chi connectivity index (χ3v) is 2.90. The summed E-state index contributed by atoms with van der Waals surface area (Å²) < 4.78 is 12.9. The summed E-state index contributed by atoms with van der Waals surface area (Å²) >= 11 is 5.81. The molecule has 0 radical (unpaired) electrons. The maximum atomic E-state index is 12.9. The van der Waals surface area contributed by atoms with E-state index in [-0.39, 0.29) is 0 Å². The first-order chi connectivity index (χ1) is 3.66. The van der Waals surface area contributed by atoms with Crippen molar-refractivity contribution in [2.45, 2.75) is 36.2 Å². The van der Waals surface area contributed by atoms with Crippen LogP contribution in [0, 0.1) is 0 Å². The molecule has 2 rings (SSSR count). The highest BCUT2D eigenvalue weighted by atomic mass is 35.5. The Morgan fingerprint density at radius 3 is 1.75 bits per heavy atom. The lowest BCUT2D eigenvalue weighted by Gasteiger charge is -2.08. The van der Waals surface area contributed by atoms with E-state index in [1.807, 2.05) is 0 Å². The Bertz CT molecular complexity index is 108. The van der Waals surface area contributed by atoms with Crippen LogP contribution in [0.1, 0.15) is 25.7 Å². The fourth-order valence-electron chi connectivity index (χ4n) is 1.12. The third-order valence-electron chi connectivity index (χ3n) is 2.18. The second kappa shape index (κ2) is 1.06. The van der Waals surface area contributed by atoms with Crippen molar-refractivity contribution < 1.29 is 4.39 Å². The highest BCUT2D eigenvalue weighted by Crippen LogP contribution is 2.63. The van der Waals surface area contributed by atoms with E-state index in [4.69, 9.17) is 11.6 Å². The van der Waals surface area contributed by atoms with Gasteiger partial charge in [-0.25, -0.2) is 4.39 Å². The SMILES string of the molecule is FC1(C2(Cl)CC2)CC1. The van der Waals surface area contributed by atoms with E-state index in [0.717, 1.165) is 12.8 Å². The summed E-state index contributed by atoms with van der Waals surface area (Å²) in [4.78, 5) is -0.396. The summed E-state index contributed by atoms with van der Waals surface area (Å²) in [5.41, 5.74) is -0.936. The lowest BCUT2D eigenvalue weighted by atomic mass is 10.2. The summed E-state index contributed by atoms with van der Waals surface area (Å²) in [7, 11) is 0. The Morgan fingerprint density at radius 2 is 1.62 bits per heavy atom. The average Bonchev–Trinajstić information content (AvgIpc) is 2.46. The Hall–Kier alpha value is 0.220. The quantitative estimate of drug-likeness (QED) is 0.483. The summed E-state index contributed by atoms with van der Waals surface area (Å²) in [5, 5.41) is 0. The molecular weight excluding hydrogens is 127 g/mol. The normalized spacial score (nSPS) is 36.8. The molecule has 0 saturated heterocycles. The topological polar surface area (TPSA) is 0 Å². The predicted molar refractivity (Wildman–Crippen MR) is 30.9 cm³/mol. The monoisotopic (exact) mass is 134 g/mol. The van der Waals surface area contributed by atoms with Gasteiger partial charge >= 0.3 is 0 Å². The van der Waals surface area contributed by atoms with Gasteiger partial charge in [-0.1, -0.05) is 0 Å². The van der Waals surface area contributed by atoms with Gasteiger partial charge in [-0.05, 0) is 25.7 Å². The minimum atomic E-state index is -0.936. The molecule has 0 spiro atoms. The van der Waals surface area contributed by atoms with Crippen LogP contribution >= 0.6 is 11.6 Å². The first-order valence-electron chi connectivity index (χ1n) is 3.04. The molecule has 8 heavy (non-hydrogen) atoms. The Balaban J connectivity index is 2.15. The molecule has 0 atom stereocenters. The minimum absolute atomic E-state index is 0.396. The van der Waals surface area contributed by atoms with Crippen molar-refractivity contribution in [1.82, 2.24) is 0 Å². The molecular formula is C6H8ClF. The smallest absolute Gasteiger partial charge is 0.130 e. The van der Waals surface area contributed by atoms with Gasteiger partial charge in [-0.15, -0.1) is 11.6 Å². The molecule has 0 aliphatic heterocycles. The number of rotatable bonds is 1. The first-order valence-corrected chi connectivity index (χ1v) is 3.42. The molecule has 0 unspecified atom stereocenters. The largest absolute Gasteiger partial charge is 0.242 e. The number of halogens is 2. The Kier molecular flexibility index (Phi) is 0.669. The molecule has 46 valence electrons. The fourth-order valence-corrected chi connectivity index (χ4v) is 1.40. The summed E-state index contributed by atoms with van der Waals surface area (Å²) in [6.07, 6.45) is 3.20. The number of hydrogen-bond acceptors (Lipinski definition) is 0. The van der Waals surface area contributed by atoms with Crippen LogP contribution in [0.5, 0.6) is 0 Å². The van der Waals surface area contributed by atoms with E-state index in [2.05, 4.69) is 0 Å². The molecule has 0 nitrogen and oxygen atoms in total. The highest BCUT2D eigenvalue weighted by Gasteiger charge is 2.66. The van der Waals surface area contributed by atoms with Crippen molar-refractivity contribution in [3.8, 4) is 0 Å². The molecule has 0 bridgehead atoms. The zero-order chi connectivity index (χ0) is 5.83. The maximum Gasteiger partial charge on any atom is 0.130 e. The molecule has 0 aromatic carbocycles. The summed E-state index contributed by atoms with van der Waals surface area (Å²) in [6, 6.07) is 0. The minimum Gasteiger partial charge on any atom is -0.242 e. The fraction of sp³-hybridized carbons (Fsp3) is 1.00. The van der Waals surface area contributed by atoms with E-state index < -0.39 is 10.5 Å². The third kappa shape index (κ3) is 0.459. The van der Waals surface area contributed by atoms with Crippen molar-refractivity contribution in [2.24, 2.45) is 0 Å². The van der Waals surface area contributed by atoms with Crippen molar-refractivity contribution >= 4 is 11.6 Å². The van der Waals surface area contributed by atoms with Gasteiger partial charge in [0.15, 0.2) is 0 Å². The second-order valence-corrected chi connectivity index (χ2v) is 3.65. The molecule has 0 aromatic rings. The zero-order valence-corrected chi connectivity index (χ0v) is 5.34. The van der Waals surface area contributed by atoms with Crippen LogP contribution in [0.2, 0.25) is 0 Å². The molecule has 0 amide bonds. The van der Waals surface area contributed by atoms with E-state index >= 15 is 0 Å². The van der Waals surface area contributed by atoms with Crippen LogP contribution in [-0.4, -0.2) is 10.5 Å². The molecule has 2 aliphatic carbocycles. The van der Waals surface area contributed by atoms with Gasteiger partial charge in [-0.3, -0.25) is 0 Å². The van der Waals surface area contributed by atoms with E-state index in [1.165, 1.54) is 0 Å². The van der Waals surface area contributed by atoms with Crippen molar-refractivity contribution in [1.29, 1.82) is 0 Å². The van der Waals surface area contributed by atoms with E-state index in [1.54, 1.807) is 0 Å². The van der Waals surface area contributed by atoms with Gasteiger partial charge in [-0.2, -0.15) is 0 Å². The van der Waals surface area contributed by atoms with Crippen molar-refractivity contribution in [3.63, 3.8) is 0 Å². The van der Waals surface area contributed by atoms with Crippen molar-refractivity contribution in [3.05, 3.63) is 0 Å². The standard InChI is InChI=1S/C6H8ClF/c7-5(1-2-5)6(8)3-4-6/h1-4H2. The van der Waals surface area contributed by atoms with Gasteiger partial charge in [0.05, 0.1) is 4.87 Å². The van der Waals surface area contributed by atoms with Crippen molar-refractivity contribution in [2.75, 3.05) is 0 Å². The predicted octanol–water partition coefficient (Wildman–Crippen LogP) is 2.26. The van der Waals surface area contributed by atoms with Crippen LogP contribution in [0.3, 0.4) is 0 Å². The average molecular weight is 135 g/mol. The second-order valence-electron chi connectivity index (χ2n) is 2.93. The summed E-state index contributed by atoms with van der Waals surface area (Å²) in [5.74, 6) is 0. The molecule has 2 fully saturated rings. The maximum absolute atomic E-state index is 12.9. The van der Waals surface area contributed by atoms with Crippen LogP contribution in [0.15, 0.2) is 0 Å². The molecule has 0 N–H and O–H groups in total. The Morgan fingerprint density at radius 1 is 1.12 bits per heavy atom. The van der Waals surface area contributed by atoms with Crippen LogP contribution < -0.4 is 0 Å². The lowest BCUT2D eigenvalue weighted by molar-refractivity contribution is 0.286. The first kappa shape index (κ1) is 5.04. The number of hydrogen-bond donors (Lipinski definition) is 0. The highest BCUT2D eigenvalue weighted by molar-refractivity contribution is 6.27. The van der Waals surface area contributed by atoms with E-state index in [0.29, 0.717) is 12.8 Å². The molecule has 0 aromatic heterocycles. The number of alkyl halides is 2. The lowest BCUT2D eigenvalue weighted by Crippen LogP contribution is -2.17. The van der Waals surface area contributed by atoms with E-state index in [9.17, 15) is 4.39 Å². The molecule has 2 heteroatoms. The zero-order valence-electron chi connectivity index (χ0n) is 4.58. The van der Waals surface area contributed by atoms with Gasteiger partial charge in [0.1, 0.15) is 5.67 Å². The Labute approximate surface area is 53.0 Å². The van der Waals surface area contributed by atoms with Gasteiger partial charge < -0.3 is 0 Å². The van der Waals surface area contributed by atoms with Gasteiger partial charge in [0.25, 0.3) is 0 Å². The van der Waals surface area contributed by atoms with Crippen LogP contribution in [0.4, 0.5) is 4.39 Å². The van der Waals surface area contributed by atoms with Gasteiger partial charge in [0.2, 0.25) is 0 Å². The van der Waals surface area contributed by atoms with Crippen LogP contribution in [0.25, 0.3) is 0 Å².